The Balaban J connectivity index is 1.59. The molecule has 2 aliphatic rings. The summed E-state index contributed by atoms with van der Waals surface area (Å²) >= 11 is 0. The Labute approximate surface area is 269 Å². The van der Waals surface area contributed by atoms with Gasteiger partial charge in [0.25, 0.3) is 0 Å². The van der Waals surface area contributed by atoms with Crippen molar-refractivity contribution in [2.75, 3.05) is 24.6 Å². The normalized spacial score (nSPS) is 17.6. The van der Waals surface area contributed by atoms with Crippen LogP contribution >= 0.6 is 0 Å². The van der Waals surface area contributed by atoms with Gasteiger partial charge in [0.2, 0.25) is 11.7 Å². The number of imidazole rings is 1. The van der Waals surface area contributed by atoms with Crippen LogP contribution in [0.3, 0.4) is 0 Å². The summed E-state index contributed by atoms with van der Waals surface area (Å²) in [4.78, 5) is 56.3. The van der Waals surface area contributed by atoms with E-state index in [1.54, 1.807) is 24.2 Å². The van der Waals surface area contributed by atoms with E-state index >= 15 is 4.39 Å². The van der Waals surface area contributed by atoms with Crippen molar-refractivity contribution in [3.8, 4) is 22.7 Å². The van der Waals surface area contributed by atoms with Gasteiger partial charge in [-0.3, -0.25) is 23.7 Å². The van der Waals surface area contributed by atoms with Gasteiger partial charge < -0.3 is 19.5 Å². The lowest BCUT2D eigenvalue weighted by Crippen LogP contribution is -2.62. The van der Waals surface area contributed by atoms with Crippen molar-refractivity contribution in [1.82, 2.24) is 29.0 Å². The molecule has 2 unspecified atom stereocenters. The molecule has 7 rings (SSSR count). The van der Waals surface area contributed by atoms with E-state index in [9.17, 15) is 14.4 Å². The zero-order valence-electron chi connectivity index (χ0n) is 27.2. The summed E-state index contributed by atoms with van der Waals surface area (Å²) in [5.41, 5.74) is 4.19. The maximum absolute atomic E-state index is 16.7. The molecule has 2 atom stereocenters. The number of piperazine rings is 1. The molecule has 1 N–H and O–H groups in total. The second-order valence-corrected chi connectivity index (χ2v) is 12.8. The molecule has 0 bridgehead atoms. The molecule has 5 aromatic rings. The third-order valence-electron chi connectivity index (χ3n) is 9.47. The number of benzene rings is 1. The quantitative estimate of drug-likeness (QED) is 0.289. The van der Waals surface area contributed by atoms with E-state index < -0.39 is 11.4 Å². The Morgan fingerprint density at radius 1 is 1.15 bits per heavy atom. The molecule has 0 saturated carbocycles. The molecule has 1 aromatic carbocycles. The summed E-state index contributed by atoms with van der Waals surface area (Å²) in [5, 5.41) is 0.395. The number of aromatic nitrogens is 5. The number of rotatable bonds is 4. The number of aryl methyl sites for hydroxylation is 3. The fourth-order valence-corrected chi connectivity index (χ4v) is 7.13. The summed E-state index contributed by atoms with van der Waals surface area (Å²) in [6.45, 7) is 14.2. The number of pyridine rings is 3. The van der Waals surface area contributed by atoms with Gasteiger partial charge >= 0.3 is 11.2 Å². The van der Waals surface area contributed by atoms with Crippen LogP contribution in [0.15, 0.2) is 52.7 Å². The largest absolute Gasteiger partial charge is 0.484 e. The van der Waals surface area contributed by atoms with Gasteiger partial charge in [-0.15, -0.1) is 0 Å². The molecule has 12 heteroatoms. The number of carbonyl (C=O) groups excluding carboxylic acids is 1. The predicted octanol–water partition coefficient (Wildman–Crippen LogP) is 4.49. The average molecular weight is 638 g/mol. The standard InChI is InChI=1S/C35H36FN7O4/c1-8-25(44)41-15-21-16-47-32-30(42(21)14-20(41)6)22-13-23(36)28(26-18(4)9-10-24-31(26)40(7)35(46)38-24)39-33(22)43(34(32)45)29-19(5)11-12-37-27(29)17(2)3/h8-13,17,20-21H,1,14-16H2,2-7H3,(H,38,46). The number of aromatic amines is 1. The lowest BCUT2D eigenvalue weighted by atomic mass is 9.99. The second-order valence-electron chi connectivity index (χ2n) is 12.8. The van der Waals surface area contributed by atoms with Gasteiger partial charge in [-0.05, 0) is 62.1 Å². The molecule has 1 amide bonds. The Kier molecular flexibility index (Phi) is 7.07. The molecule has 47 heavy (non-hydrogen) atoms. The lowest BCUT2D eigenvalue weighted by Gasteiger charge is -2.48. The van der Waals surface area contributed by atoms with E-state index in [1.807, 2.05) is 51.7 Å². The number of nitrogens with one attached hydrogen (secondary N) is 1. The van der Waals surface area contributed by atoms with E-state index in [1.165, 1.54) is 21.3 Å². The molecular weight excluding hydrogens is 601 g/mol. The third-order valence-corrected chi connectivity index (χ3v) is 9.47. The van der Waals surface area contributed by atoms with Crippen LogP contribution in [0.4, 0.5) is 10.1 Å². The van der Waals surface area contributed by atoms with Crippen molar-refractivity contribution in [1.29, 1.82) is 0 Å². The lowest BCUT2D eigenvalue weighted by molar-refractivity contribution is -0.129. The SMILES string of the molecule is C=CC(=O)N1CC2COc3c(c4cc(F)c(-c5c(C)ccc6[nH]c(=O)n(C)c56)nc4n(-c4c(C)ccnc4C(C)C)c3=O)N2CC1C. The van der Waals surface area contributed by atoms with Gasteiger partial charge in [0, 0.05) is 43.3 Å². The minimum absolute atomic E-state index is 0.0129. The number of nitrogens with zero attached hydrogens (tertiary/aromatic N) is 6. The van der Waals surface area contributed by atoms with Crippen molar-refractivity contribution < 1.29 is 13.9 Å². The second kappa shape index (κ2) is 10.9. The van der Waals surface area contributed by atoms with Crippen LogP contribution in [0.5, 0.6) is 5.75 Å². The zero-order valence-corrected chi connectivity index (χ0v) is 27.2. The maximum Gasteiger partial charge on any atom is 0.326 e. The first-order valence-electron chi connectivity index (χ1n) is 15.7. The van der Waals surface area contributed by atoms with E-state index in [4.69, 9.17) is 9.72 Å². The number of hydrogen-bond acceptors (Lipinski definition) is 7. The summed E-state index contributed by atoms with van der Waals surface area (Å²) in [7, 11) is 1.62. The number of hydrogen-bond donors (Lipinski definition) is 1. The molecule has 0 radical (unpaired) electrons. The number of H-pyrrole nitrogens is 1. The molecule has 0 aliphatic carbocycles. The fourth-order valence-electron chi connectivity index (χ4n) is 7.13. The van der Waals surface area contributed by atoms with Crippen molar-refractivity contribution in [3.05, 3.63) is 86.6 Å². The average Bonchev–Trinajstić information content (AvgIpc) is 3.33. The Bertz CT molecular complexity index is 2270. The van der Waals surface area contributed by atoms with Crippen molar-refractivity contribution in [3.63, 3.8) is 0 Å². The third kappa shape index (κ3) is 4.49. The van der Waals surface area contributed by atoms with E-state index in [0.717, 1.165) is 5.56 Å². The summed E-state index contributed by atoms with van der Waals surface area (Å²) in [6, 6.07) is 6.35. The van der Waals surface area contributed by atoms with Crippen LogP contribution in [-0.2, 0) is 11.8 Å². The summed E-state index contributed by atoms with van der Waals surface area (Å²) < 4.78 is 25.8. The van der Waals surface area contributed by atoms with E-state index in [-0.39, 0.29) is 53.3 Å². The molecule has 4 aromatic heterocycles. The minimum atomic E-state index is -0.614. The first-order chi connectivity index (χ1) is 22.4. The zero-order chi connectivity index (χ0) is 33.5. The number of halogens is 1. The molecule has 2 aliphatic heterocycles. The molecule has 1 saturated heterocycles. The van der Waals surface area contributed by atoms with Crippen molar-refractivity contribution in [2.24, 2.45) is 7.05 Å². The van der Waals surface area contributed by atoms with Crippen molar-refractivity contribution in [2.45, 2.75) is 52.6 Å². The number of amides is 1. The topological polar surface area (TPSA) is 118 Å². The molecular formula is C35H36FN7O4. The van der Waals surface area contributed by atoms with E-state index in [0.29, 0.717) is 57.7 Å². The van der Waals surface area contributed by atoms with Gasteiger partial charge in [0.1, 0.15) is 18.1 Å². The number of anilines is 1. The van der Waals surface area contributed by atoms with Gasteiger partial charge in [-0.25, -0.2) is 14.2 Å². The van der Waals surface area contributed by atoms with Gasteiger partial charge in [-0.1, -0.05) is 26.5 Å². The van der Waals surface area contributed by atoms with Crippen molar-refractivity contribution >= 4 is 33.7 Å². The van der Waals surface area contributed by atoms with Gasteiger partial charge in [0.05, 0.1) is 34.1 Å². The fraction of sp³-hybridized carbons (Fsp3) is 0.343. The maximum atomic E-state index is 16.7. The van der Waals surface area contributed by atoms with Crippen LogP contribution in [0.25, 0.3) is 39.0 Å². The first kappa shape index (κ1) is 30.4. The minimum Gasteiger partial charge on any atom is -0.484 e. The Morgan fingerprint density at radius 3 is 2.64 bits per heavy atom. The highest BCUT2D eigenvalue weighted by Gasteiger charge is 2.41. The molecule has 1 fully saturated rings. The van der Waals surface area contributed by atoms with Crippen LogP contribution in [-0.4, -0.2) is 66.7 Å². The highest BCUT2D eigenvalue weighted by Crippen LogP contribution is 2.43. The number of fused-ring (bicyclic) bond motifs is 6. The Hall–Kier alpha value is -5.26. The predicted molar refractivity (Wildman–Crippen MR) is 179 cm³/mol. The summed E-state index contributed by atoms with van der Waals surface area (Å²) in [5.74, 6) is -0.744. The molecule has 242 valence electrons. The van der Waals surface area contributed by atoms with Crippen LogP contribution in [0.2, 0.25) is 0 Å². The van der Waals surface area contributed by atoms with Gasteiger partial charge in [-0.2, -0.15) is 0 Å². The van der Waals surface area contributed by atoms with Crippen LogP contribution in [0, 0.1) is 19.7 Å². The molecule has 0 spiro atoms. The van der Waals surface area contributed by atoms with Crippen LogP contribution < -0.4 is 20.9 Å². The number of ether oxygens (including phenoxy) is 1. The number of carbonyl (C=O) groups is 1. The highest BCUT2D eigenvalue weighted by atomic mass is 19.1. The van der Waals surface area contributed by atoms with Crippen LogP contribution in [0.1, 0.15) is 43.5 Å². The molecule has 11 nitrogen and oxygen atoms in total. The monoisotopic (exact) mass is 637 g/mol. The Morgan fingerprint density at radius 2 is 1.91 bits per heavy atom. The smallest absolute Gasteiger partial charge is 0.326 e. The highest BCUT2D eigenvalue weighted by molar-refractivity contribution is 5.99. The van der Waals surface area contributed by atoms with Gasteiger partial charge in [0.15, 0.2) is 5.65 Å². The molecule has 6 heterocycles. The first-order valence-corrected chi connectivity index (χ1v) is 15.7. The summed E-state index contributed by atoms with van der Waals surface area (Å²) in [6.07, 6.45) is 3.01. The van der Waals surface area contributed by atoms with E-state index in [2.05, 4.69) is 16.5 Å².